The first-order valence-corrected chi connectivity index (χ1v) is 13.0. The van der Waals surface area contributed by atoms with Crippen LogP contribution in [0.15, 0.2) is 66.0 Å². The number of thioether (sulfide) groups is 1. The minimum Gasteiger partial charge on any atom is -0.383 e. The zero-order chi connectivity index (χ0) is 25.3. The van der Waals surface area contributed by atoms with E-state index >= 15 is 0 Å². The number of nitrogens with zero attached hydrogens (tertiary/aromatic N) is 4. The normalized spacial score (nSPS) is 11.2. The molecule has 2 aromatic heterocycles. The molecule has 0 spiro atoms. The van der Waals surface area contributed by atoms with Gasteiger partial charge in [0.05, 0.1) is 31.2 Å². The van der Waals surface area contributed by atoms with Gasteiger partial charge in [-0.1, -0.05) is 80.2 Å². The molecule has 0 aliphatic heterocycles. The molecular formula is C27H32N6O2S. The predicted molar refractivity (Wildman–Crippen MR) is 145 cm³/mol. The number of rotatable bonds is 12. The van der Waals surface area contributed by atoms with Crippen LogP contribution in [0, 0.1) is 0 Å². The molecule has 188 valence electrons. The number of hydrogen-bond donors (Lipinski definition) is 2. The van der Waals surface area contributed by atoms with E-state index in [9.17, 15) is 4.79 Å². The zero-order valence-electron chi connectivity index (χ0n) is 20.9. The van der Waals surface area contributed by atoms with Gasteiger partial charge in [-0.25, -0.2) is 14.6 Å². The number of amides is 1. The van der Waals surface area contributed by atoms with Gasteiger partial charge >= 0.3 is 0 Å². The summed E-state index contributed by atoms with van der Waals surface area (Å²) in [5, 5.41) is 12.7. The summed E-state index contributed by atoms with van der Waals surface area (Å²) in [6.45, 7) is 6.41. The van der Waals surface area contributed by atoms with Gasteiger partial charge in [-0.3, -0.25) is 4.79 Å². The Kier molecular flexibility index (Phi) is 8.91. The van der Waals surface area contributed by atoms with Crippen LogP contribution in [0.4, 0.5) is 5.82 Å². The van der Waals surface area contributed by atoms with E-state index in [2.05, 4.69) is 58.8 Å². The average Bonchev–Trinajstić information content (AvgIpc) is 3.28. The number of anilines is 1. The van der Waals surface area contributed by atoms with E-state index < -0.39 is 0 Å². The Morgan fingerprint density at radius 2 is 1.78 bits per heavy atom. The van der Waals surface area contributed by atoms with E-state index in [0.29, 0.717) is 43.1 Å². The van der Waals surface area contributed by atoms with Gasteiger partial charge in [0.15, 0.2) is 10.8 Å². The Morgan fingerprint density at radius 3 is 2.50 bits per heavy atom. The average molecular weight is 505 g/mol. The monoisotopic (exact) mass is 504 g/mol. The molecule has 8 nitrogen and oxygen atoms in total. The number of fused-ring (bicyclic) bond motifs is 1. The lowest BCUT2D eigenvalue weighted by Gasteiger charge is -2.11. The topological polar surface area (TPSA) is 94.0 Å². The van der Waals surface area contributed by atoms with Crippen LogP contribution in [0.2, 0.25) is 0 Å². The lowest BCUT2D eigenvalue weighted by molar-refractivity contribution is -0.120. The summed E-state index contributed by atoms with van der Waals surface area (Å²) in [7, 11) is 1.67. The fraction of sp³-hybridized carbons (Fsp3) is 0.333. The van der Waals surface area contributed by atoms with Gasteiger partial charge in [-0.2, -0.15) is 5.10 Å². The Hall–Kier alpha value is -3.43. The van der Waals surface area contributed by atoms with Crippen molar-refractivity contribution in [2.45, 2.75) is 37.2 Å². The second kappa shape index (κ2) is 12.5. The summed E-state index contributed by atoms with van der Waals surface area (Å²) in [6, 6.07) is 18.3. The Morgan fingerprint density at radius 1 is 1.03 bits per heavy atom. The highest BCUT2D eigenvalue weighted by atomic mass is 32.2. The first-order valence-electron chi connectivity index (χ1n) is 12.1. The fourth-order valence-corrected chi connectivity index (χ4v) is 4.47. The molecule has 0 aliphatic carbocycles. The third-order valence-corrected chi connectivity index (χ3v) is 6.35. The SMILES string of the molecule is COCCNc1nc(SC(C)C)nc2c1cnn2CCNC(=O)Cc1ccc(-c2ccccc2)cc1. The highest BCUT2D eigenvalue weighted by Gasteiger charge is 2.14. The second-order valence-corrected chi connectivity index (χ2v) is 10.2. The molecule has 2 aromatic carbocycles. The van der Waals surface area contributed by atoms with E-state index in [1.165, 1.54) is 0 Å². The molecule has 4 aromatic rings. The number of carbonyl (C=O) groups is 1. The zero-order valence-corrected chi connectivity index (χ0v) is 21.7. The number of ether oxygens (including phenoxy) is 1. The third kappa shape index (κ3) is 6.83. The van der Waals surface area contributed by atoms with Gasteiger partial charge in [0.25, 0.3) is 0 Å². The van der Waals surface area contributed by atoms with Gasteiger partial charge in [0.1, 0.15) is 5.82 Å². The molecule has 0 saturated carbocycles. The van der Waals surface area contributed by atoms with Crippen LogP contribution in [-0.2, 0) is 22.5 Å². The highest BCUT2D eigenvalue weighted by molar-refractivity contribution is 7.99. The Balaban J connectivity index is 1.37. The smallest absolute Gasteiger partial charge is 0.224 e. The largest absolute Gasteiger partial charge is 0.383 e. The maximum atomic E-state index is 12.5. The van der Waals surface area contributed by atoms with Gasteiger partial charge in [-0.15, -0.1) is 0 Å². The van der Waals surface area contributed by atoms with Gasteiger partial charge < -0.3 is 15.4 Å². The first-order chi connectivity index (χ1) is 17.5. The molecule has 2 heterocycles. The summed E-state index contributed by atoms with van der Waals surface area (Å²) < 4.78 is 6.96. The maximum Gasteiger partial charge on any atom is 0.224 e. The molecule has 0 unspecified atom stereocenters. The van der Waals surface area contributed by atoms with E-state index in [1.807, 2.05) is 35.0 Å². The maximum absolute atomic E-state index is 12.5. The number of carbonyl (C=O) groups excluding carboxylic acids is 1. The van der Waals surface area contributed by atoms with Crippen molar-refractivity contribution in [3.05, 3.63) is 66.4 Å². The lowest BCUT2D eigenvalue weighted by atomic mass is 10.0. The van der Waals surface area contributed by atoms with Crippen LogP contribution in [0.1, 0.15) is 19.4 Å². The Labute approximate surface area is 215 Å². The highest BCUT2D eigenvalue weighted by Crippen LogP contribution is 2.26. The molecule has 0 bridgehead atoms. The van der Waals surface area contributed by atoms with Crippen LogP contribution < -0.4 is 10.6 Å². The van der Waals surface area contributed by atoms with Crippen molar-refractivity contribution in [3.8, 4) is 11.1 Å². The summed E-state index contributed by atoms with van der Waals surface area (Å²) in [4.78, 5) is 21.9. The molecule has 1 amide bonds. The van der Waals surface area contributed by atoms with Crippen molar-refractivity contribution in [3.63, 3.8) is 0 Å². The van der Waals surface area contributed by atoms with Crippen molar-refractivity contribution in [2.75, 3.05) is 32.1 Å². The fourth-order valence-electron chi connectivity index (χ4n) is 3.76. The van der Waals surface area contributed by atoms with Crippen molar-refractivity contribution in [1.29, 1.82) is 0 Å². The number of hydrogen-bond acceptors (Lipinski definition) is 7. The minimum absolute atomic E-state index is 0.0217. The first kappa shape index (κ1) is 25.7. The summed E-state index contributed by atoms with van der Waals surface area (Å²) in [5.74, 6) is 0.723. The van der Waals surface area contributed by atoms with Gasteiger partial charge in [-0.05, 0) is 16.7 Å². The molecule has 2 N–H and O–H groups in total. The standard InChI is InChI=1S/C27H32N6O2S/c1-19(2)36-27-31-25(29-14-16-35-3)23-18-30-33(26(23)32-27)15-13-28-24(34)17-20-9-11-22(12-10-20)21-7-5-4-6-8-21/h4-12,18-19H,13-17H2,1-3H3,(H,28,34)(H,29,31,32). The van der Waals surface area contributed by atoms with Gasteiger partial charge in [0, 0.05) is 25.4 Å². The molecule has 0 atom stereocenters. The lowest BCUT2D eigenvalue weighted by Crippen LogP contribution is -2.28. The van der Waals surface area contributed by atoms with Crippen LogP contribution in [-0.4, -0.2) is 57.7 Å². The van der Waals surface area contributed by atoms with Gasteiger partial charge in [0.2, 0.25) is 5.91 Å². The minimum atomic E-state index is -0.0217. The molecule has 0 aliphatic rings. The van der Waals surface area contributed by atoms with E-state index in [4.69, 9.17) is 9.72 Å². The van der Waals surface area contributed by atoms with E-state index in [0.717, 1.165) is 33.5 Å². The van der Waals surface area contributed by atoms with E-state index in [1.54, 1.807) is 25.1 Å². The second-order valence-electron chi connectivity index (χ2n) is 8.64. The molecule has 0 radical (unpaired) electrons. The predicted octanol–water partition coefficient (Wildman–Crippen LogP) is 4.41. The Bertz CT molecular complexity index is 1270. The molecule has 4 rings (SSSR count). The molecular weight excluding hydrogens is 472 g/mol. The van der Waals surface area contributed by atoms with Crippen LogP contribution in [0.5, 0.6) is 0 Å². The molecule has 0 saturated heterocycles. The van der Waals surface area contributed by atoms with E-state index in [-0.39, 0.29) is 5.91 Å². The third-order valence-electron chi connectivity index (χ3n) is 5.49. The molecule has 36 heavy (non-hydrogen) atoms. The van der Waals surface area contributed by atoms with Crippen molar-refractivity contribution >= 4 is 34.5 Å². The van der Waals surface area contributed by atoms with Crippen LogP contribution in [0.25, 0.3) is 22.2 Å². The summed E-state index contributed by atoms with van der Waals surface area (Å²) >= 11 is 1.60. The molecule has 9 heteroatoms. The summed E-state index contributed by atoms with van der Waals surface area (Å²) in [5.41, 5.74) is 4.03. The number of aromatic nitrogens is 4. The summed E-state index contributed by atoms with van der Waals surface area (Å²) in [6.07, 6.45) is 2.10. The quantitative estimate of drug-likeness (QED) is 0.168. The van der Waals surface area contributed by atoms with Crippen LogP contribution >= 0.6 is 11.8 Å². The number of methoxy groups -OCH3 is 1. The number of nitrogens with one attached hydrogen (secondary N) is 2. The molecule has 0 fully saturated rings. The van der Waals surface area contributed by atoms with Crippen LogP contribution in [0.3, 0.4) is 0 Å². The van der Waals surface area contributed by atoms with Crippen molar-refractivity contribution < 1.29 is 9.53 Å². The van der Waals surface area contributed by atoms with Crippen molar-refractivity contribution in [2.24, 2.45) is 0 Å². The van der Waals surface area contributed by atoms with Crippen molar-refractivity contribution in [1.82, 2.24) is 25.1 Å². The number of benzene rings is 2.